The van der Waals surface area contributed by atoms with Crippen LogP contribution in [0.5, 0.6) is 0 Å². The summed E-state index contributed by atoms with van der Waals surface area (Å²) in [6.45, 7) is 0.0162. The van der Waals surface area contributed by atoms with E-state index >= 15 is 0 Å². The van der Waals surface area contributed by atoms with Gasteiger partial charge in [0.2, 0.25) is 10.0 Å². The number of aliphatic hydroxyl groups is 1. The van der Waals surface area contributed by atoms with Gasteiger partial charge in [-0.1, -0.05) is 25.0 Å². The average molecular weight is 314 g/mol. The van der Waals surface area contributed by atoms with Crippen molar-refractivity contribution < 1.29 is 18.4 Å². The number of nitrogens with zero attached hydrogens (tertiary/aromatic N) is 1. The van der Waals surface area contributed by atoms with E-state index in [1.807, 2.05) is 0 Å². The molecule has 0 aliphatic heterocycles. The van der Waals surface area contributed by atoms with E-state index in [-0.39, 0.29) is 18.0 Å². The molecule has 0 unspecified atom stereocenters. The molecule has 1 fully saturated rings. The van der Waals surface area contributed by atoms with Crippen molar-refractivity contribution in [3.63, 3.8) is 0 Å². The number of nitrogens with one attached hydrogen (secondary N) is 1. The topological polar surface area (TPSA) is 110 Å². The molecule has 2 N–H and O–H groups in total. The Morgan fingerprint density at radius 2 is 1.81 bits per heavy atom. The Hall–Kier alpha value is -1.51. The molecule has 1 aromatic carbocycles. The lowest BCUT2D eigenvalue weighted by Gasteiger charge is -2.22. The first-order chi connectivity index (χ1) is 9.80. The lowest BCUT2D eigenvalue weighted by Crippen LogP contribution is -2.41. The summed E-state index contributed by atoms with van der Waals surface area (Å²) < 4.78 is 26.3. The number of rotatable bonds is 6. The minimum Gasteiger partial charge on any atom is -0.389 e. The van der Waals surface area contributed by atoms with Crippen molar-refractivity contribution in [1.82, 2.24) is 4.72 Å². The maximum Gasteiger partial charge on any atom is 0.269 e. The second-order valence-corrected chi connectivity index (χ2v) is 7.24. The van der Waals surface area contributed by atoms with Crippen LogP contribution in [0.3, 0.4) is 0 Å². The largest absolute Gasteiger partial charge is 0.389 e. The first-order valence-electron chi connectivity index (χ1n) is 6.73. The summed E-state index contributed by atoms with van der Waals surface area (Å²) in [6.07, 6.45) is 3.02. The lowest BCUT2D eigenvalue weighted by molar-refractivity contribution is -0.384. The van der Waals surface area contributed by atoms with Gasteiger partial charge in [-0.25, -0.2) is 13.1 Å². The summed E-state index contributed by atoms with van der Waals surface area (Å²) in [5.41, 5.74) is -0.557. The summed E-state index contributed by atoms with van der Waals surface area (Å²) >= 11 is 0. The van der Waals surface area contributed by atoms with Crippen molar-refractivity contribution in [3.8, 4) is 0 Å². The van der Waals surface area contributed by atoms with Crippen LogP contribution in [0.1, 0.15) is 31.2 Å². The molecule has 21 heavy (non-hydrogen) atoms. The fourth-order valence-corrected chi connectivity index (χ4v) is 3.66. The summed E-state index contributed by atoms with van der Waals surface area (Å²) in [4.78, 5) is 9.99. The van der Waals surface area contributed by atoms with E-state index in [1.165, 1.54) is 24.3 Å². The fraction of sp³-hybridized carbons (Fsp3) is 0.538. The third-order valence-electron chi connectivity index (χ3n) is 3.66. The number of non-ortho nitro benzene ring substituents is 1. The molecule has 0 bridgehead atoms. The molecule has 0 heterocycles. The first-order valence-corrected chi connectivity index (χ1v) is 8.38. The van der Waals surface area contributed by atoms with Crippen LogP contribution in [0.25, 0.3) is 0 Å². The molecule has 0 saturated heterocycles. The predicted molar refractivity (Wildman–Crippen MR) is 77.1 cm³/mol. The van der Waals surface area contributed by atoms with Crippen molar-refractivity contribution in [2.45, 2.75) is 37.0 Å². The Bertz CT molecular complexity index is 606. The van der Waals surface area contributed by atoms with Crippen LogP contribution in [-0.4, -0.2) is 30.6 Å². The number of benzene rings is 1. The van der Waals surface area contributed by atoms with Crippen LogP contribution in [0.15, 0.2) is 24.3 Å². The summed E-state index contributed by atoms with van der Waals surface area (Å²) in [5.74, 6) is -0.263. The number of nitro benzene ring substituents is 1. The molecular weight excluding hydrogens is 296 g/mol. The fourth-order valence-electron chi connectivity index (χ4n) is 2.44. The van der Waals surface area contributed by atoms with Crippen LogP contribution in [0.4, 0.5) is 5.69 Å². The Labute approximate surface area is 123 Å². The zero-order chi connectivity index (χ0) is 15.5. The maximum absolute atomic E-state index is 12.0. The normalized spacial score (nSPS) is 17.8. The van der Waals surface area contributed by atoms with Gasteiger partial charge in [-0.15, -0.1) is 0 Å². The maximum atomic E-state index is 12.0. The van der Waals surface area contributed by atoms with Crippen molar-refractivity contribution in [3.05, 3.63) is 39.9 Å². The molecule has 0 radical (unpaired) electrons. The molecule has 116 valence electrons. The Kier molecular flexibility index (Phi) is 4.60. The number of sulfonamides is 1. The lowest BCUT2D eigenvalue weighted by atomic mass is 10.0. The Morgan fingerprint density at radius 3 is 2.33 bits per heavy atom. The molecule has 2 rings (SSSR count). The molecule has 0 amide bonds. The van der Waals surface area contributed by atoms with Gasteiger partial charge in [0.05, 0.1) is 16.3 Å². The van der Waals surface area contributed by atoms with Crippen molar-refractivity contribution in [1.29, 1.82) is 0 Å². The minimum atomic E-state index is -3.57. The summed E-state index contributed by atoms with van der Waals surface area (Å²) in [7, 11) is -3.57. The highest BCUT2D eigenvalue weighted by atomic mass is 32.2. The van der Waals surface area contributed by atoms with Crippen LogP contribution >= 0.6 is 0 Å². The van der Waals surface area contributed by atoms with Gasteiger partial charge < -0.3 is 5.11 Å². The smallest absolute Gasteiger partial charge is 0.269 e. The zero-order valence-corrected chi connectivity index (χ0v) is 12.3. The first kappa shape index (κ1) is 15.9. The minimum absolute atomic E-state index is 0.0162. The highest BCUT2D eigenvalue weighted by molar-refractivity contribution is 7.88. The number of hydrogen-bond acceptors (Lipinski definition) is 5. The van der Waals surface area contributed by atoms with Gasteiger partial charge in [-0.05, 0) is 18.4 Å². The Morgan fingerprint density at radius 1 is 1.24 bits per heavy atom. The van der Waals surface area contributed by atoms with E-state index in [0.717, 1.165) is 12.8 Å². The van der Waals surface area contributed by atoms with Gasteiger partial charge >= 0.3 is 0 Å². The van der Waals surface area contributed by atoms with Crippen molar-refractivity contribution in [2.24, 2.45) is 0 Å². The molecule has 1 aliphatic carbocycles. The van der Waals surface area contributed by atoms with Crippen LogP contribution in [-0.2, 0) is 15.8 Å². The monoisotopic (exact) mass is 314 g/mol. The van der Waals surface area contributed by atoms with E-state index in [4.69, 9.17) is 0 Å². The van der Waals surface area contributed by atoms with E-state index in [9.17, 15) is 23.6 Å². The average Bonchev–Trinajstić information content (AvgIpc) is 2.85. The highest BCUT2D eigenvalue weighted by Gasteiger charge is 2.32. The SMILES string of the molecule is O=[N+]([O-])c1ccc(CS(=O)(=O)NCC2(O)CCCC2)cc1. The van der Waals surface area contributed by atoms with E-state index < -0.39 is 20.5 Å². The Balaban J connectivity index is 1.95. The summed E-state index contributed by atoms with van der Waals surface area (Å²) in [6, 6.07) is 5.38. The predicted octanol–water partition coefficient (Wildman–Crippen LogP) is 1.32. The standard InChI is InChI=1S/C13H18N2O5S/c16-13(7-1-2-8-13)10-14-21(19,20)9-11-3-5-12(6-4-11)15(17)18/h3-6,14,16H,1-2,7-10H2. The van der Waals surface area contributed by atoms with Crippen LogP contribution in [0.2, 0.25) is 0 Å². The second kappa shape index (κ2) is 6.08. The van der Waals surface area contributed by atoms with Crippen LogP contribution in [0, 0.1) is 10.1 Å². The van der Waals surface area contributed by atoms with E-state index in [2.05, 4.69) is 4.72 Å². The van der Waals surface area contributed by atoms with Crippen molar-refractivity contribution in [2.75, 3.05) is 6.54 Å². The molecule has 1 aliphatic rings. The van der Waals surface area contributed by atoms with Gasteiger partial charge in [-0.3, -0.25) is 10.1 Å². The molecular formula is C13H18N2O5S. The van der Waals surface area contributed by atoms with Gasteiger partial charge in [0.15, 0.2) is 0 Å². The number of hydrogen-bond donors (Lipinski definition) is 2. The second-order valence-electron chi connectivity index (χ2n) is 5.44. The molecule has 1 saturated carbocycles. The van der Waals surface area contributed by atoms with Gasteiger partial charge in [0, 0.05) is 18.7 Å². The third kappa shape index (κ3) is 4.48. The molecule has 7 nitrogen and oxygen atoms in total. The molecule has 0 aromatic heterocycles. The van der Waals surface area contributed by atoms with Gasteiger partial charge in [0.1, 0.15) is 0 Å². The van der Waals surface area contributed by atoms with E-state index in [0.29, 0.717) is 18.4 Å². The molecule has 0 spiro atoms. The zero-order valence-electron chi connectivity index (χ0n) is 11.5. The van der Waals surface area contributed by atoms with Gasteiger partial charge in [-0.2, -0.15) is 0 Å². The van der Waals surface area contributed by atoms with Crippen LogP contribution < -0.4 is 4.72 Å². The third-order valence-corrected chi connectivity index (χ3v) is 4.96. The number of nitro groups is 1. The van der Waals surface area contributed by atoms with Crippen molar-refractivity contribution >= 4 is 15.7 Å². The quantitative estimate of drug-likeness (QED) is 0.608. The highest BCUT2D eigenvalue weighted by Crippen LogP contribution is 2.28. The molecule has 0 atom stereocenters. The summed E-state index contributed by atoms with van der Waals surface area (Å²) in [5, 5.41) is 20.6. The molecule has 8 heteroatoms. The van der Waals surface area contributed by atoms with E-state index in [1.54, 1.807) is 0 Å². The van der Waals surface area contributed by atoms with Gasteiger partial charge in [0.25, 0.3) is 5.69 Å². The molecule has 1 aromatic rings.